The van der Waals surface area contributed by atoms with Crippen LogP contribution < -0.4 is 14.8 Å². The van der Waals surface area contributed by atoms with E-state index in [1.165, 1.54) is 0 Å². The number of para-hydroxylation sites is 2. The summed E-state index contributed by atoms with van der Waals surface area (Å²) in [5.74, 6) is -0.322. The van der Waals surface area contributed by atoms with Gasteiger partial charge in [-0.1, -0.05) is 49.4 Å². The van der Waals surface area contributed by atoms with Crippen LogP contribution >= 0.6 is 0 Å². The monoisotopic (exact) mass is 433 g/mol. The van der Waals surface area contributed by atoms with Crippen molar-refractivity contribution in [2.75, 3.05) is 5.32 Å². The molecular formula is C26H27NO5. The average molecular weight is 434 g/mol. The van der Waals surface area contributed by atoms with Gasteiger partial charge >= 0.3 is 5.97 Å². The third-order valence-electron chi connectivity index (χ3n) is 5.27. The van der Waals surface area contributed by atoms with Gasteiger partial charge in [-0.05, 0) is 61.2 Å². The zero-order chi connectivity index (χ0) is 23.1. The smallest absolute Gasteiger partial charge is 0.344 e. The lowest BCUT2D eigenvalue weighted by Crippen LogP contribution is -2.26. The first kappa shape index (κ1) is 22.9. The van der Waals surface area contributed by atoms with Crippen molar-refractivity contribution in [3.05, 3.63) is 89.0 Å². The standard InChI is InChI=1S/C26H27NO5/c1-4-22(26(29)30)32-24-13-9-8-12-21(24)27-25(28)20-14-15-23(18(3)17(20)2)31-16-19-10-6-5-7-11-19/h5-15,22H,4,16H2,1-3H3,(H,27,28)(H,29,30). The highest BCUT2D eigenvalue weighted by atomic mass is 16.5. The molecule has 166 valence electrons. The van der Waals surface area contributed by atoms with Gasteiger partial charge < -0.3 is 19.9 Å². The molecule has 32 heavy (non-hydrogen) atoms. The molecule has 0 aliphatic carbocycles. The minimum absolute atomic E-state index is 0.306. The van der Waals surface area contributed by atoms with Crippen LogP contribution in [0.1, 0.15) is 40.4 Å². The Morgan fingerprint density at radius 1 is 0.906 bits per heavy atom. The van der Waals surface area contributed by atoms with Crippen LogP contribution in [0.4, 0.5) is 5.69 Å². The summed E-state index contributed by atoms with van der Waals surface area (Å²) < 4.78 is 11.6. The van der Waals surface area contributed by atoms with Crippen molar-refractivity contribution in [3.63, 3.8) is 0 Å². The molecule has 1 atom stereocenters. The summed E-state index contributed by atoms with van der Waals surface area (Å²) in [5.41, 5.74) is 3.68. The third kappa shape index (κ3) is 5.46. The van der Waals surface area contributed by atoms with Crippen LogP contribution in [-0.4, -0.2) is 23.1 Å². The minimum atomic E-state index is -1.05. The summed E-state index contributed by atoms with van der Waals surface area (Å²) >= 11 is 0. The van der Waals surface area contributed by atoms with E-state index in [4.69, 9.17) is 9.47 Å². The first-order valence-electron chi connectivity index (χ1n) is 10.5. The minimum Gasteiger partial charge on any atom is -0.489 e. The number of nitrogens with one attached hydrogen (secondary N) is 1. The Hall–Kier alpha value is -3.80. The number of benzene rings is 3. The number of carboxylic acid groups (broad SMARTS) is 1. The Bertz CT molecular complexity index is 1090. The van der Waals surface area contributed by atoms with Crippen LogP contribution in [0.2, 0.25) is 0 Å². The molecule has 0 heterocycles. The highest BCUT2D eigenvalue weighted by molar-refractivity contribution is 6.06. The summed E-state index contributed by atoms with van der Waals surface area (Å²) in [6.07, 6.45) is -0.682. The zero-order valence-corrected chi connectivity index (χ0v) is 18.4. The predicted molar refractivity (Wildman–Crippen MR) is 123 cm³/mol. The molecule has 1 amide bonds. The fraction of sp³-hybridized carbons (Fsp3) is 0.231. The molecule has 0 aromatic heterocycles. The fourth-order valence-electron chi connectivity index (χ4n) is 3.26. The molecule has 0 saturated carbocycles. The van der Waals surface area contributed by atoms with Gasteiger partial charge in [0.25, 0.3) is 5.91 Å². The number of carbonyl (C=O) groups is 2. The van der Waals surface area contributed by atoms with Crippen molar-refractivity contribution in [1.29, 1.82) is 0 Å². The van der Waals surface area contributed by atoms with E-state index < -0.39 is 12.1 Å². The highest BCUT2D eigenvalue weighted by Gasteiger charge is 2.20. The average Bonchev–Trinajstić information content (AvgIpc) is 2.79. The summed E-state index contributed by atoms with van der Waals surface area (Å²) in [5, 5.41) is 12.1. The van der Waals surface area contributed by atoms with Gasteiger partial charge in [0.15, 0.2) is 6.10 Å². The summed E-state index contributed by atoms with van der Waals surface area (Å²) in [6, 6.07) is 20.2. The van der Waals surface area contributed by atoms with Crippen LogP contribution in [0.3, 0.4) is 0 Å². The number of amides is 1. The van der Waals surface area contributed by atoms with E-state index >= 15 is 0 Å². The predicted octanol–water partition coefficient (Wildman–Crippen LogP) is 5.38. The zero-order valence-electron chi connectivity index (χ0n) is 18.4. The molecule has 0 aliphatic rings. The van der Waals surface area contributed by atoms with Crippen LogP contribution in [-0.2, 0) is 11.4 Å². The number of aliphatic carboxylic acids is 1. The Balaban J connectivity index is 1.76. The normalized spacial score (nSPS) is 11.5. The molecule has 0 aliphatic heterocycles. The first-order valence-corrected chi connectivity index (χ1v) is 10.5. The van der Waals surface area contributed by atoms with E-state index in [2.05, 4.69) is 5.32 Å². The van der Waals surface area contributed by atoms with E-state index in [9.17, 15) is 14.7 Å². The van der Waals surface area contributed by atoms with E-state index in [0.717, 1.165) is 22.4 Å². The maximum atomic E-state index is 13.0. The number of hydrogen-bond acceptors (Lipinski definition) is 4. The van der Waals surface area contributed by atoms with Gasteiger partial charge in [0.2, 0.25) is 0 Å². The van der Waals surface area contributed by atoms with Crippen molar-refractivity contribution in [1.82, 2.24) is 0 Å². The maximum Gasteiger partial charge on any atom is 0.344 e. The second kappa shape index (κ2) is 10.5. The number of rotatable bonds is 9. The van der Waals surface area contributed by atoms with E-state index in [0.29, 0.717) is 30.0 Å². The largest absolute Gasteiger partial charge is 0.489 e. The summed E-state index contributed by atoms with van der Waals surface area (Å²) in [6.45, 7) is 5.97. The molecule has 3 aromatic rings. The van der Waals surface area contributed by atoms with Crippen LogP contribution in [0.15, 0.2) is 66.7 Å². The van der Waals surface area contributed by atoms with Gasteiger partial charge in [0.1, 0.15) is 18.1 Å². The number of carbonyl (C=O) groups excluding carboxylic acids is 1. The van der Waals surface area contributed by atoms with Crippen molar-refractivity contribution in [3.8, 4) is 11.5 Å². The molecule has 0 fully saturated rings. The lowest BCUT2D eigenvalue weighted by Gasteiger charge is -2.18. The lowest BCUT2D eigenvalue weighted by atomic mass is 10.0. The van der Waals surface area contributed by atoms with E-state index in [1.807, 2.05) is 44.2 Å². The van der Waals surface area contributed by atoms with Gasteiger partial charge in [-0.25, -0.2) is 4.79 Å². The molecule has 3 rings (SSSR count). The number of anilines is 1. The van der Waals surface area contributed by atoms with Crippen molar-refractivity contribution in [2.45, 2.75) is 39.9 Å². The second-order valence-electron chi connectivity index (χ2n) is 7.44. The van der Waals surface area contributed by atoms with Crippen LogP contribution in [0, 0.1) is 13.8 Å². The Kier molecular flexibility index (Phi) is 7.49. The number of carboxylic acids is 1. The van der Waals surface area contributed by atoms with Gasteiger partial charge in [0, 0.05) is 5.56 Å². The molecule has 0 saturated heterocycles. The van der Waals surface area contributed by atoms with Gasteiger partial charge in [-0.2, -0.15) is 0 Å². The van der Waals surface area contributed by atoms with E-state index in [1.54, 1.807) is 43.3 Å². The maximum absolute atomic E-state index is 13.0. The Morgan fingerprint density at radius 3 is 2.28 bits per heavy atom. The van der Waals surface area contributed by atoms with Crippen molar-refractivity contribution < 1.29 is 24.2 Å². The molecule has 6 nitrogen and oxygen atoms in total. The highest BCUT2D eigenvalue weighted by Crippen LogP contribution is 2.29. The van der Waals surface area contributed by atoms with Gasteiger partial charge in [0.05, 0.1) is 5.69 Å². The fourth-order valence-corrected chi connectivity index (χ4v) is 3.26. The molecular weight excluding hydrogens is 406 g/mol. The quantitative estimate of drug-likeness (QED) is 0.473. The molecule has 3 aromatic carbocycles. The summed E-state index contributed by atoms with van der Waals surface area (Å²) in [7, 11) is 0. The lowest BCUT2D eigenvalue weighted by molar-refractivity contribution is -0.145. The first-order chi connectivity index (χ1) is 15.4. The number of hydrogen-bond donors (Lipinski definition) is 2. The Morgan fingerprint density at radius 2 is 1.59 bits per heavy atom. The molecule has 2 N–H and O–H groups in total. The number of ether oxygens (including phenoxy) is 2. The molecule has 0 bridgehead atoms. The van der Waals surface area contributed by atoms with E-state index in [-0.39, 0.29) is 5.91 Å². The molecule has 0 radical (unpaired) electrons. The van der Waals surface area contributed by atoms with Crippen LogP contribution in [0.25, 0.3) is 0 Å². The van der Waals surface area contributed by atoms with Gasteiger partial charge in [-0.15, -0.1) is 0 Å². The molecule has 0 spiro atoms. The third-order valence-corrected chi connectivity index (χ3v) is 5.27. The van der Waals surface area contributed by atoms with Gasteiger partial charge in [-0.3, -0.25) is 4.79 Å². The van der Waals surface area contributed by atoms with Crippen molar-refractivity contribution in [2.24, 2.45) is 0 Å². The summed E-state index contributed by atoms with van der Waals surface area (Å²) in [4.78, 5) is 24.3. The van der Waals surface area contributed by atoms with Crippen molar-refractivity contribution >= 4 is 17.6 Å². The topological polar surface area (TPSA) is 84.9 Å². The Labute approximate surface area is 187 Å². The molecule has 1 unspecified atom stereocenters. The SMILES string of the molecule is CCC(Oc1ccccc1NC(=O)c1ccc(OCc2ccccc2)c(C)c1C)C(=O)O. The van der Waals surface area contributed by atoms with Crippen LogP contribution in [0.5, 0.6) is 11.5 Å². The molecule has 6 heteroatoms. The second-order valence-corrected chi connectivity index (χ2v) is 7.44.